The fraction of sp³-hybridized carbons (Fsp3) is 0.500. The van der Waals surface area contributed by atoms with E-state index in [1.165, 1.54) is 18.4 Å². The third-order valence-corrected chi connectivity index (χ3v) is 3.44. The van der Waals surface area contributed by atoms with Crippen LogP contribution in [0.25, 0.3) is 0 Å². The van der Waals surface area contributed by atoms with E-state index in [9.17, 15) is 0 Å². The summed E-state index contributed by atoms with van der Waals surface area (Å²) in [6.45, 7) is 2.14. The van der Waals surface area contributed by atoms with Gasteiger partial charge in [-0.25, -0.2) is 0 Å². The molecule has 2 nitrogen and oxygen atoms in total. The van der Waals surface area contributed by atoms with Crippen LogP contribution in [0.1, 0.15) is 24.8 Å². The lowest BCUT2D eigenvalue weighted by atomic mass is 10.1. The molecule has 0 heterocycles. The van der Waals surface area contributed by atoms with Gasteiger partial charge in [0.15, 0.2) is 0 Å². The number of rotatable bonds is 7. The van der Waals surface area contributed by atoms with Crippen molar-refractivity contribution >= 4 is 17.2 Å². The summed E-state index contributed by atoms with van der Waals surface area (Å²) in [7, 11) is 0. The summed E-state index contributed by atoms with van der Waals surface area (Å²) in [5, 5.41) is 0. The first kappa shape index (κ1) is 12.5. The Hall–Kier alpha value is -0.930. The fourth-order valence-electron chi connectivity index (χ4n) is 2.09. The Morgan fingerprint density at radius 1 is 1.24 bits per heavy atom. The second kappa shape index (κ2) is 6.12. The van der Waals surface area contributed by atoms with Gasteiger partial charge in [-0.2, -0.15) is 0 Å². The summed E-state index contributed by atoms with van der Waals surface area (Å²) in [6, 6.07) is 11.4. The lowest BCUT2D eigenvalue weighted by Gasteiger charge is -2.21. The van der Waals surface area contributed by atoms with Crippen LogP contribution in [0.2, 0.25) is 0 Å². The second-order valence-corrected chi connectivity index (χ2v) is 5.24. The van der Waals surface area contributed by atoms with Crippen molar-refractivity contribution in [3.05, 3.63) is 35.9 Å². The molecule has 0 spiro atoms. The Morgan fingerprint density at radius 2 is 1.94 bits per heavy atom. The lowest BCUT2D eigenvalue weighted by Crippen LogP contribution is -2.31. The molecule has 1 aromatic carbocycles. The predicted octanol–water partition coefficient (Wildman–Crippen LogP) is 2.37. The van der Waals surface area contributed by atoms with Crippen molar-refractivity contribution in [1.82, 2.24) is 4.90 Å². The van der Waals surface area contributed by atoms with Crippen LogP contribution in [0.5, 0.6) is 0 Å². The van der Waals surface area contributed by atoms with Gasteiger partial charge in [0.05, 0.1) is 4.99 Å². The molecule has 1 aromatic rings. The number of hydrogen-bond acceptors (Lipinski definition) is 2. The van der Waals surface area contributed by atoms with Crippen molar-refractivity contribution in [1.29, 1.82) is 0 Å². The van der Waals surface area contributed by atoms with Gasteiger partial charge in [0.2, 0.25) is 0 Å². The van der Waals surface area contributed by atoms with Crippen LogP contribution in [-0.4, -0.2) is 29.0 Å². The van der Waals surface area contributed by atoms with Crippen LogP contribution in [0.15, 0.2) is 30.3 Å². The fourth-order valence-corrected chi connectivity index (χ4v) is 2.18. The molecular weight excluding hydrogens is 228 g/mol. The highest BCUT2D eigenvalue weighted by molar-refractivity contribution is 7.80. The van der Waals surface area contributed by atoms with E-state index in [4.69, 9.17) is 18.0 Å². The number of nitrogens with zero attached hydrogens (tertiary/aromatic N) is 1. The molecule has 0 aliphatic heterocycles. The molecule has 3 heteroatoms. The minimum absolute atomic E-state index is 0.635. The second-order valence-electron chi connectivity index (χ2n) is 4.72. The minimum atomic E-state index is 0.635. The van der Waals surface area contributed by atoms with E-state index in [0.29, 0.717) is 4.99 Å². The molecule has 0 bridgehead atoms. The summed E-state index contributed by atoms with van der Waals surface area (Å²) >= 11 is 4.95. The third-order valence-electron chi connectivity index (χ3n) is 3.24. The highest BCUT2D eigenvalue weighted by Gasteiger charge is 2.28. The Balaban J connectivity index is 1.79. The average molecular weight is 248 g/mol. The molecule has 1 aliphatic rings. The SMILES string of the molecule is NC(=S)CCN(CCc1ccccc1)C1CC1. The van der Waals surface area contributed by atoms with Crippen LogP contribution < -0.4 is 5.73 Å². The van der Waals surface area contributed by atoms with Gasteiger partial charge in [0.25, 0.3) is 0 Å². The molecule has 0 radical (unpaired) electrons. The predicted molar refractivity (Wildman–Crippen MR) is 76.1 cm³/mol. The zero-order valence-electron chi connectivity index (χ0n) is 10.1. The molecule has 1 aliphatic carbocycles. The molecule has 0 amide bonds. The van der Waals surface area contributed by atoms with Gasteiger partial charge >= 0.3 is 0 Å². The summed E-state index contributed by atoms with van der Waals surface area (Å²) in [6.07, 6.45) is 4.65. The quantitative estimate of drug-likeness (QED) is 0.751. The molecule has 0 atom stereocenters. The molecule has 2 rings (SSSR count). The van der Waals surface area contributed by atoms with Crippen LogP contribution in [0.4, 0.5) is 0 Å². The van der Waals surface area contributed by atoms with Crippen molar-refractivity contribution in [2.45, 2.75) is 31.7 Å². The zero-order valence-corrected chi connectivity index (χ0v) is 11.0. The summed E-state index contributed by atoms with van der Waals surface area (Å²) < 4.78 is 0. The smallest absolute Gasteiger partial charge is 0.0740 e. The molecule has 92 valence electrons. The number of benzene rings is 1. The van der Waals surface area contributed by atoms with Gasteiger partial charge in [-0.15, -0.1) is 0 Å². The molecular formula is C14H20N2S. The van der Waals surface area contributed by atoms with E-state index in [-0.39, 0.29) is 0 Å². The van der Waals surface area contributed by atoms with Crippen LogP contribution in [-0.2, 0) is 6.42 Å². The van der Waals surface area contributed by atoms with Crippen LogP contribution in [0, 0.1) is 0 Å². The topological polar surface area (TPSA) is 29.3 Å². The largest absolute Gasteiger partial charge is 0.393 e. The molecule has 0 unspecified atom stereocenters. The Labute approximate surface area is 109 Å². The maximum absolute atomic E-state index is 5.57. The van der Waals surface area contributed by atoms with Gasteiger partial charge in [-0.1, -0.05) is 42.5 Å². The van der Waals surface area contributed by atoms with Gasteiger partial charge in [0, 0.05) is 25.6 Å². The summed E-state index contributed by atoms with van der Waals surface area (Å²) in [5.74, 6) is 0. The molecule has 0 aromatic heterocycles. The van der Waals surface area contributed by atoms with Crippen molar-refractivity contribution in [3.63, 3.8) is 0 Å². The molecule has 2 N–H and O–H groups in total. The van der Waals surface area contributed by atoms with Crippen molar-refractivity contribution in [3.8, 4) is 0 Å². The van der Waals surface area contributed by atoms with Gasteiger partial charge in [-0.05, 0) is 24.8 Å². The Morgan fingerprint density at radius 3 is 2.53 bits per heavy atom. The molecule has 17 heavy (non-hydrogen) atoms. The van der Waals surface area contributed by atoms with Crippen molar-refractivity contribution < 1.29 is 0 Å². The summed E-state index contributed by atoms with van der Waals surface area (Å²) in [4.78, 5) is 3.17. The van der Waals surface area contributed by atoms with Gasteiger partial charge < -0.3 is 5.73 Å². The van der Waals surface area contributed by atoms with E-state index < -0.39 is 0 Å². The third kappa shape index (κ3) is 4.44. The first-order chi connectivity index (χ1) is 8.25. The maximum atomic E-state index is 5.57. The normalized spacial score (nSPS) is 15.1. The minimum Gasteiger partial charge on any atom is -0.393 e. The average Bonchev–Trinajstić information content (AvgIpc) is 3.14. The van der Waals surface area contributed by atoms with Gasteiger partial charge in [-0.3, -0.25) is 4.90 Å². The van der Waals surface area contributed by atoms with E-state index in [0.717, 1.165) is 32.0 Å². The van der Waals surface area contributed by atoms with E-state index in [2.05, 4.69) is 35.2 Å². The summed E-state index contributed by atoms with van der Waals surface area (Å²) in [5.41, 5.74) is 6.98. The number of hydrogen-bond donors (Lipinski definition) is 1. The monoisotopic (exact) mass is 248 g/mol. The van der Waals surface area contributed by atoms with E-state index in [1.54, 1.807) is 0 Å². The van der Waals surface area contributed by atoms with Crippen LogP contribution in [0.3, 0.4) is 0 Å². The molecule has 1 fully saturated rings. The molecule has 1 saturated carbocycles. The molecule has 0 saturated heterocycles. The van der Waals surface area contributed by atoms with Gasteiger partial charge in [0.1, 0.15) is 0 Å². The Kier molecular flexibility index (Phi) is 4.51. The number of thiocarbonyl (C=S) groups is 1. The first-order valence-corrected chi connectivity index (χ1v) is 6.73. The lowest BCUT2D eigenvalue weighted by molar-refractivity contribution is 0.275. The highest BCUT2D eigenvalue weighted by Crippen LogP contribution is 2.27. The maximum Gasteiger partial charge on any atom is 0.0740 e. The number of nitrogens with two attached hydrogens (primary N) is 1. The van der Waals surface area contributed by atoms with Crippen molar-refractivity contribution in [2.24, 2.45) is 5.73 Å². The highest BCUT2D eigenvalue weighted by atomic mass is 32.1. The Bertz CT molecular complexity index is 360. The van der Waals surface area contributed by atoms with Crippen LogP contribution >= 0.6 is 12.2 Å². The van der Waals surface area contributed by atoms with E-state index in [1.807, 2.05) is 0 Å². The first-order valence-electron chi connectivity index (χ1n) is 6.32. The standard InChI is InChI=1S/C14H20N2S/c15-14(17)9-11-16(13-6-7-13)10-8-12-4-2-1-3-5-12/h1-5,13H,6-11H2,(H2,15,17). The zero-order chi connectivity index (χ0) is 12.1. The van der Waals surface area contributed by atoms with Crippen molar-refractivity contribution in [2.75, 3.05) is 13.1 Å². The van der Waals surface area contributed by atoms with E-state index >= 15 is 0 Å².